The molecule has 1 aliphatic rings. The molecule has 0 radical (unpaired) electrons. The Morgan fingerprint density at radius 1 is 1.17 bits per heavy atom. The molecule has 1 aliphatic heterocycles. The minimum Gasteiger partial charge on any atom is -0.497 e. The number of nitrogens with zero attached hydrogens (tertiary/aromatic N) is 2. The second-order valence-corrected chi connectivity index (χ2v) is 4.63. The molecule has 18 heavy (non-hydrogen) atoms. The lowest BCUT2D eigenvalue weighted by atomic mass is 10.2. The largest absolute Gasteiger partial charge is 0.497 e. The fraction of sp³-hybridized carbons (Fsp3) is 0.500. The van der Waals surface area contributed by atoms with Gasteiger partial charge in [-0.15, -0.1) is 0 Å². The van der Waals surface area contributed by atoms with E-state index in [2.05, 4.69) is 17.0 Å². The van der Waals surface area contributed by atoms with Crippen LogP contribution in [0.1, 0.15) is 12.5 Å². The van der Waals surface area contributed by atoms with Crippen molar-refractivity contribution in [3.05, 3.63) is 29.8 Å². The molecular formula is C14H20N2O2. The second kappa shape index (κ2) is 5.87. The van der Waals surface area contributed by atoms with E-state index in [-0.39, 0.29) is 5.91 Å². The molecule has 1 amide bonds. The van der Waals surface area contributed by atoms with Crippen molar-refractivity contribution in [1.82, 2.24) is 9.80 Å². The van der Waals surface area contributed by atoms with E-state index in [9.17, 15) is 4.79 Å². The maximum Gasteiger partial charge on any atom is 0.219 e. The summed E-state index contributed by atoms with van der Waals surface area (Å²) in [6, 6.07) is 8.16. The van der Waals surface area contributed by atoms with E-state index in [0.29, 0.717) is 0 Å². The highest BCUT2D eigenvalue weighted by Crippen LogP contribution is 2.14. The Labute approximate surface area is 108 Å². The molecule has 1 aromatic carbocycles. The number of ether oxygens (including phenoxy) is 1. The van der Waals surface area contributed by atoms with Gasteiger partial charge < -0.3 is 9.64 Å². The van der Waals surface area contributed by atoms with E-state index in [1.807, 2.05) is 17.0 Å². The van der Waals surface area contributed by atoms with Crippen LogP contribution in [0.25, 0.3) is 0 Å². The van der Waals surface area contributed by atoms with Crippen molar-refractivity contribution >= 4 is 5.91 Å². The number of piperazine rings is 1. The molecule has 0 saturated carbocycles. The summed E-state index contributed by atoms with van der Waals surface area (Å²) in [5, 5.41) is 0. The molecule has 1 aromatic rings. The summed E-state index contributed by atoms with van der Waals surface area (Å²) in [4.78, 5) is 15.5. The van der Waals surface area contributed by atoms with Crippen LogP contribution in [-0.4, -0.2) is 49.0 Å². The van der Waals surface area contributed by atoms with E-state index < -0.39 is 0 Å². The molecule has 2 rings (SSSR count). The molecule has 0 spiro atoms. The molecule has 4 nitrogen and oxygen atoms in total. The molecule has 4 heteroatoms. The third-order valence-corrected chi connectivity index (χ3v) is 3.38. The quantitative estimate of drug-likeness (QED) is 0.809. The first-order valence-electron chi connectivity index (χ1n) is 6.30. The highest BCUT2D eigenvalue weighted by atomic mass is 16.5. The molecular weight excluding hydrogens is 228 g/mol. The fourth-order valence-electron chi connectivity index (χ4n) is 2.21. The van der Waals surface area contributed by atoms with E-state index in [1.54, 1.807) is 14.0 Å². The van der Waals surface area contributed by atoms with Gasteiger partial charge >= 0.3 is 0 Å². The van der Waals surface area contributed by atoms with Gasteiger partial charge in [0.05, 0.1) is 7.11 Å². The number of rotatable bonds is 3. The van der Waals surface area contributed by atoms with Crippen LogP contribution < -0.4 is 4.74 Å². The van der Waals surface area contributed by atoms with Crippen molar-refractivity contribution < 1.29 is 9.53 Å². The summed E-state index contributed by atoms with van der Waals surface area (Å²) in [5.74, 6) is 1.07. The first-order valence-corrected chi connectivity index (χ1v) is 6.30. The smallest absolute Gasteiger partial charge is 0.219 e. The van der Waals surface area contributed by atoms with Crippen molar-refractivity contribution in [1.29, 1.82) is 0 Å². The zero-order chi connectivity index (χ0) is 13.0. The lowest BCUT2D eigenvalue weighted by Crippen LogP contribution is -2.47. The lowest BCUT2D eigenvalue weighted by molar-refractivity contribution is -0.130. The molecule has 0 aliphatic carbocycles. The Hall–Kier alpha value is -1.55. The van der Waals surface area contributed by atoms with Gasteiger partial charge in [0.25, 0.3) is 0 Å². The summed E-state index contributed by atoms with van der Waals surface area (Å²) >= 11 is 0. The van der Waals surface area contributed by atoms with Gasteiger partial charge in [-0.25, -0.2) is 0 Å². The first kappa shape index (κ1) is 12.9. The van der Waals surface area contributed by atoms with Crippen molar-refractivity contribution in [2.75, 3.05) is 33.3 Å². The third-order valence-electron chi connectivity index (χ3n) is 3.38. The van der Waals surface area contributed by atoms with Crippen molar-refractivity contribution in [2.45, 2.75) is 13.5 Å². The van der Waals surface area contributed by atoms with Crippen LogP contribution in [0.3, 0.4) is 0 Å². The van der Waals surface area contributed by atoms with Gasteiger partial charge in [-0.1, -0.05) is 12.1 Å². The van der Waals surface area contributed by atoms with Gasteiger partial charge in [0, 0.05) is 39.6 Å². The third kappa shape index (κ3) is 3.23. The first-order chi connectivity index (χ1) is 8.69. The zero-order valence-electron chi connectivity index (χ0n) is 11.1. The molecule has 0 atom stereocenters. The Balaban J connectivity index is 1.85. The van der Waals surface area contributed by atoms with Crippen LogP contribution in [0, 0.1) is 0 Å². The molecule has 0 aromatic heterocycles. The van der Waals surface area contributed by atoms with Crippen LogP contribution in [0.2, 0.25) is 0 Å². The van der Waals surface area contributed by atoms with Crippen LogP contribution in [0.15, 0.2) is 24.3 Å². The summed E-state index contributed by atoms with van der Waals surface area (Å²) in [6.07, 6.45) is 0. The van der Waals surface area contributed by atoms with Gasteiger partial charge in [-0.05, 0) is 17.7 Å². The SMILES string of the molecule is COc1ccc(CN2CCN(C(C)=O)CC2)cc1. The number of carbonyl (C=O) groups is 1. The predicted molar refractivity (Wildman–Crippen MR) is 70.5 cm³/mol. The number of methoxy groups -OCH3 is 1. The molecule has 1 saturated heterocycles. The Morgan fingerprint density at radius 3 is 2.28 bits per heavy atom. The standard InChI is InChI=1S/C14H20N2O2/c1-12(17)16-9-7-15(8-10-16)11-13-3-5-14(18-2)6-4-13/h3-6H,7-11H2,1-2H3. The minimum absolute atomic E-state index is 0.180. The highest BCUT2D eigenvalue weighted by Gasteiger charge is 2.18. The summed E-state index contributed by atoms with van der Waals surface area (Å²) in [7, 11) is 1.68. The van der Waals surface area contributed by atoms with Crippen LogP contribution in [-0.2, 0) is 11.3 Å². The minimum atomic E-state index is 0.180. The number of carbonyl (C=O) groups excluding carboxylic acids is 1. The molecule has 1 heterocycles. The van der Waals surface area contributed by atoms with E-state index in [4.69, 9.17) is 4.74 Å². The number of amides is 1. The summed E-state index contributed by atoms with van der Waals surface area (Å²) in [6.45, 7) is 6.16. The highest BCUT2D eigenvalue weighted by molar-refractivity contribution is 5.73. The van der Waals surface area contributed by atoms with Crippen LogP contribution >= 0.6 is 0 Å². The van der Waals surface area contributed by atoms with E-state index in [1.165, 1.54) is 5.56 Å². The van der Waals surface area contributed by atoms with Gasteiger partial charge in [-0.3, -0.25) is 9.69 Å². The van der Waals surface area contributed by atoms with E-state index in [0.717, 1.165) is 38.5 Å². The maximum absolute atomic E-state index is 11.2. The fourth-order valence-corrected chi connectivity index (χ4v) is 2.21. The molecule has 1 fully saturated rings. The van der Waals surface area contributed by atoms with Gasteiger partial charge in [0.15, 0.2) is 0 Å². The molecule has 0 bridgehead atoms. The second-order valence-electron chi connectivity index (χ2n) is 4.63. The van der Waals surface area contributed by atoms with Gasteiger partial charge in [0.1, 0.15) is 5.75 Å². The average Bonchev–Trinajstić information content (AvgIpc) is 2.40. The Morgan fingerprint density at radius 2 is 1.78 bits per heavy atom. The van der Waals surface area contributed by atoms with Crippen molar-refractivity contribution in [2.24, 2.45) is 0 Å². The Bertz CT molecular complexity index is 395. The summed E-state index contributed by atoms with van der Waals surface area (Å²) < 4.78 is 5.14. The zero-order valence-corrected chi connectivity index (χ0v) is 11.1. The van der Waals surface area contributed by atoms with Crippen molar-refractivity contribution in [3.8, 4) is 5.75 Å². The number of hydrogen-bond acceptors (Lipinski definition) is 3. The van der Waals surface area contributed by atoms with Crippen LogP contribution in [0.5, 0.6) is 5.75 Å². The monoisotopic (exact) mass is 248 g/mol. The van der Waals surface area contributed by atoms with Gasteiger partial charge in [0.2, 0.25) is 5.91 Å². The molecule has 0 unspecified atom stereocenters. The van der Waals surface area contributed by atoms with Crippen molar-refractivity contribution in [3.63, 3.8) is 0 Å². The van der Waals surface area contributed by atoms with E-state index >= 15 is 0 Å². The lowest BCUT2D eigenvalue weighted by Gasteiger charge is -2.34. The topological polar surface area (TPSA) is 32.8 Å². The maximum atomic E-state index is 11.2. The molecule has 98 valence electrons. The summed E-state index contributed by atoms with van der Waals surface area (Å²) in [5.41, 5.74) is 1.28. The number of hydrogen-bond donors (Lipinski definition) is 0. The van der Waals surface area contributed by atoms with Gasteiger partial charge in [-0.2, -0.15) is 0 Å². The Kier molecular flexibility index (Phi) is 4.20. The number of benzene rings is 1. The predicted octanol–water partition coefficient (Wildman–Crippen LogP) is 1.36. The van der Waals surface area contributed by atoms with Crippen LogP contribution in [0.4, 0.5) is 0 Å². The normalized spacial score (nSPS) is 16.7. The average molecular weight is 248 g/mol. The molecule has 0 N–H and O–H groups in total.